The number of hydrogen-bond donors (Lipinski definition) is 6. The van der Waals surface area contributed by atoms with E-state index in [2.05, 4.69) is 43.5 Å². The van der Waals surface area contributed by atoms with Gasteiger partial charge in [0.1, 0.15) is 24.4 Å². The maximum absolute atomic E-state index is 12.9. The number of amides is 1. The van der Waals surface area contributed by atoms with E-state index in [4.69, 9.17) is 9.47 Å². The van der Waals surface area contributed by atoms with Gasteiger partial charge in [-0.1, -0.05) is 134 Å². The smallest absolute Gasteiger partial charge is 0.220 e. The molecule has 1 aliphatic heterocycles. The van der Waals surface area contributed by atoms with Crippen molar-refractivity contribution in [2.24, 2.45) is 0 Å². The van der Waals surface area contributed by atoms with Crippen LogP contribution in [0.3, 0.4) is 0 Å². The quantitative estimate of drug-likeness (QED) is 0.0346. The highest BCUT2D eigenvalue weighted by molar-refractivity contribution is 5.76. The molecule has 9 nitrogen and oxygen atoms in total. The maximum Gasteiger partial charge on any atom is 0.220 e. The van der Waals surface area contributed by atoms with Gasteiger partial charge >= 0.3 is 0 Å². The largest absolute Gasteiger partial charge is 0.394 e. The summed E-state index contributed by atoms with van der Waals surface area (Å²) < 4.78 is 11.2. The summed E-state index contributed by atoms with van der Waals surface area (Å²) in [5.74, 6) is -0.157. The predicted octanol–water partition coefficient (Wildman–Crippen LogP) is 6.77. The average Bonchev–Trinajstić information content (AvgIpc) is 3.08. The molecule has 48 heavy (non-hydrogen) atoms. The molecule has 0 aliphatic carbocycles. The zero-order valence-corrected chi connectivity index (χ0v) is 30.5. The Bertz CT molecular complexity index is 807. The summed E-state index contributed by atoms with van der Waals surface area (Å²) in [5.41, 5.74) is 0. The van der Waals surface area contributed by atoms with Crippen molar-refractivity contribution >= 4 is 5.91 Å². The predicted molar refractivity (Wildman–Crippen MR) is 193 cm³/mol. The Balaban J connectivity index is 2.36. The Morgan fingerprint density at radius 3 is 1.83 bits per heavy atom. The van der Waals surface area contributed by atoms with Crippen molar-refractivity contribution in [1.29, 1.82) is 0 Å². The van der Waals surface area contributed by atoms with Crippen LogP contribution in [-0.2, 0) is 14.3 Å². The Morgan fingerprint density at radius 2 is 1.23 bits per heavy atom. The minimum Gasteiger partial charge on any atom is -0.394 e. The first-order chi connectivity index (χ1) is 23.3. The summed E-state index contributed by atoms with van der Waals surface area (Å²) in [7, 11) is 0. The molecule has 7 atom stereocenters. The van der Waals surface area contributed by atoms with Crippen LogP contribution in [0, 0.1) is 0 Å². The molecule has 7 unspecified atom stereocenters. The topological polar surface area (TPSA) is 149 Å². The number of ether oxygens (including phenoxy) is 2. The van der Waals surface area contributed by atoms with Crippen LogP contribution in [0.15, 0.2) is 24.3 Å². The van der Waals surface area contributed by atoms with Gasteiger partial charge in [0.15, 0.2) is 6.29 Å². The number of aliphatic hydroxyl groups is 5. The third-order valence-corrected chi connectivity index (χ3v) is 9.31. The lowest BCUT2D eigenvalue weighted by molar-refractivity contribution is -0.302. The molecule has 0 spiro atoms. The van der Waals surface area contributed by atoms with Gasteiger partial charge in [0.25, 0.3) is 0 Å². The van der Waals surface area contributed by atoms with Gasteiger partial charge in [-0.15, -0.1) is 0 Å². The van der Waals surface area contributed by atoms with E-state index >= 15 is 0 Å². The van der Waals surface area contributed by atoms with Gasteiger partial charge < -0.3 is 40.3 Å². The van der Waals surface area contributed by atoms with E-state index in [1.165, 1.54) is 83.5 Å². The SMILES string of the molecule is CCCCC/C=C\C/C=C\CCCCCCCCCC(=O)NC(COC1OC(CO)C(O)C(O)C1O)C(O)CCCCCCCCCC. The van der Waals surface area contributed by atoms with Gasteiger partial charge in [-0.2, -0.15) is 0 Å². The van der Waals surface area contributed by atoms with E-state index in [9.17, 15) is 30.3 Å². The molecule has 0 bridgehead atoms. The first-order valence-corrected chi connectivity index (χ1v) is 19.5. The number of rotatable bonds is 31. The molecule has 0 saturated carbocycles. The molecule has 0 radical (unpaired) electrons. The molecule has 1 rings (SSSR count). The fourth-order valence-electron chi connectivity index (χ4n) is 6.07. The fourth-order valence-corrected chi connectivity index (χ4v) is 6.07. The molecule has 0 aromatic carbocycles. The summed E-state index contributed by atoms with van der Waals surface area (Å²) in [6, 6.07) is -0.717. The number of nitrogens with one attached hydrogen (secondary N) is 1. The zero-order chi connectivity index (χ0) is 35.2. The zero-order valence-electron chi connectivity index (χ0n) is 30.5. The molecule has 282 valence electrons. The monoisotopic (exact) mass is 684 g/mol. The molecule has 9 heteroatoms. The fraction of sp³-hybridized carbons (Fsp3) is 0.872. The highest BCUT2D eigenvalue weighted by Crippen LogP contribution is 2.23. The van der Waals surface area contributed by atoms with E-state index in [-0.39, 0.29) is 12.5 Å². The molecule has 0 aromatic rings. The Labute approximate surface area is 292 Å². The van der Waals surface area contributed by atoms with Crippen LogP contribution in [-0.4, -0.2) is 87.5 Å². The van der Waals surface area contributed by atoms with Crippen LogP contribution in [0.5, 0.6) is 0 Å². The molecular weight excluding hydrogens is 610 g/mol. The summed E-state index contributed by atoms with van der Waals surface area (Å²) in [6.45, 7) is 3.74. The second-order valence-electron chi connectivity index (χ2n) is 13.7. The van der Waals surface area contributed by atoms with Crippen molar-refractivity contribution in [2.45, 2.75) is 204 Å². The molecular formula is C39H73NO8. The molecule has 1 saturated heterocycles. The van der Waals surface area contributed by atoms with Crippen LogP contribution in [0.1, 0.15) is 162 Å². The number of carbonyl (C=O) groups excluding carboxylic acids is 1. The average molecular weight is 684 g/mol. The first kappa shape index (κ1) is 44.7. The van der Waals surface area contributed by atoms with E-state index in [1.54, 1.807) is 0 Å². The lowest BCUT2D eigenvalue weighted by Crippen LogP contribution is -2.60. The van der Waals surface area contributed by atoms with Crippen molar-refractivity contribution in [3.05, 3.63) is 24.3 Å². The van der Waals surface area contributed by atoms with Gasteiger partial charge in [-0.3, -0.25) is 4.79 Å². The van der Waals surface area contributed by atoms with Crippen LogP contribution >= 0.6 is 0 Å². The highest BCUT2D eigenvalue weighted by atomic mass is 16.7. The lowest BCUT2D eigenvalue weighted by Gasteiger charge is -2.40. The number of hydrogen-bond acceptors (Lipinski definition) is 8. The van der Waals surface area contributed by atoms with Crippen molar-refractivity contribution in [1.82, 2.24) is 5.32 Å². The molecule has 1 fully saturated rings. The van der Waals surface area contributed by atoms with Crippen molar-refractivity contribution < 1.29 is 39.8 Å². The number of unbranched alkanes of at least 4 members (excludes halogenated alkanes) is 17. The van der Waals surface area contributed by atoms with Crippen molar-refractivity contribution in [2.75, 3.05) is 13.2 Å². The third kappa shape index (κ3) is 21.7. The first-order valence-electron chi connectivity index (χ1n) is 19.5. The van der Waals surface area contributed by atoms with E-state index in [0.717, 1.165) is 51.4 Å². The molecule has 1 heterocycles. The van der Waals surface area contributed by atoms with Gasteiger partial charge in [0.05, 0.1) is 25.4 Å². The number of allylic oxidation sites excluding steroid dienone is 4. The second-order valence-corrected chi connectivity index (χ2v) is 13.7. The molecule has 6 N–H and O–H groups in total. The lowest BCUT2D eigenvalue weighted by atomic mass is 9.99. The summed E-state index contributed by atoms with van der Waals surface area (Å²) >= 11 is 0. The van der Waals surface area contributed by atoms with Crippen LogP contribution in [0.4, 0.5) is 0 Å². The summed E-state index contributed by atoms with van der Waals surface area (Å²) in [4.78, 5) is 12.9. The van der Waals surface area contributed by atoms with E-state index in [1.807, 2.05) is 0 Å². The van der Waals surface area contributed by atoms with Gasteiger partial charge in [-0.05, 0) is 44.9 Å². The van der Waals surface area contributed by atoms with Gasteiger partial charge in [0, 0.05) is 6.42 Å². The van der Waals surface area contributed by atoms with Crippen LogP contribution < -0.4 is 5.32 Å². The Hall–Kier alpha value is -1.33. The number of aliphatic hydroxyl groups excluding tert-OH is 5. The summed E-state index contributed by atoms with van der Waals surface area (Å²) in [5, 5.41) is 53.9. The summed E-state index contributed by atoms with van der Waals surface area (Å²) in [6.07, 6.45) is 26.2. The number of carbonyl (C=O) groups is 1. The normalized spacial score (nSPS) is 22.9. The molecule has 0 aromatic heterocycles. The Morgan fingerprint density at radius 1 is 0.708 bits per heavy atom. The van der Waals surface area contributed by atoms with Gasteiger partial charge in [-0.25, -0.2) is 0 Å². The van der Waals surface area contributed by atoms with Gasteiger partial charge in [0.2, 0.25) is 5.91 Å². The van der Waals surface area contributed by atoms with Crippen molar-refractivity contribution in [3.8, 4) is 0 Å². The van der Waals surface area contributed by atoms with Crippen LogP contribution in [0.25, 0.3) is 0 Å². The standard InChI is InChI=1S/C39H73NO8/c1-3-5-7-9-11-13-14-15-16-17-18-19-20-21-23-25-27-29-35(43)40-32(33(42)28-26-24-22-12-10-8-6-4-2)31-47-39-38(46)37(45)36(44)34(30-41)48-39/h11,13,15-16,32-34,36-39,41-42,44-46H,3-10,12,14,17-31H2,1-2H3,(H,40,43)/b13-11-,16-15-. The van der Waals surface area contributed by atoms with Crippen LogP contribution in [0.2, 0.25) is 0 Å². The highest BCUT2D eigenvalue weighted by Gasteiger charge is 2.44. The molecule has 1 amide bonds. The third-order valence-electron chi connectivity index (χ3n) is 9.31. The minimum absolute atomic E-state index is 0.141. The minimum atomic E-state index is -1.55. The second kappa shape index (κ2) is 30.5. The molecule has 1 aliphatic rings. The van der Waals surface area contributed by atoms with E-state index in [0.29, 0.717) is 12.8 Å². The van der Waals surface area contributed by atoms with Crippen molar-refractivity contribution in [3.63, 3.8) is 0 Å². The Kier molecular flexibility index (Phi) is 28.4. The van der Waals surface area contributed by atoms with E-state index < -0.39 is 49.5 Å². The maximum atomic E-state index is 12.9.